The van der Waals surface area contributed by atoms with Gasteiger partial charge in [0, 0.05) is 24.8 Å². The third-order valence-corrected chi connectivity index (χ3v) is 4.37. The van der Waals surface area contributed by atoms with Gasteiger partial charge in [0.2, 0.25) is 5.95 Å². The Labute approximate surface area is 144 Å². The van der Waals surface area contributed by atoms with E-state index in [1.807, 2.05) is 31.2 Å². The lowest BCUT2D eigenvalue weighted by atomic mass is 10.1. The molecule has 1 aliphatic heterocycles. The number of para-hydroxylation sites is 1. The van der Waals surface area contributed by atoms with Crippen LogP contribution in [0.2, 0.25) is 0 Å². The van der Waals surface area contributed by atoms with Gasteiger partial charge in [0.05, 0.1) is 13.2 Å². The van der Waals surface area contributed by atoms with Crippen molar-refractivity contribution in [3.8, 4) is 5.75 Å². The van der Waals surface area contributed by atoms with E-state index in [9.17, 15) is 9.59 Å². The normalized spacial score (nSPS) is 16.4. The molecule has 0 radical (unpaired) electrons. The van der Waals surface area contributed by atoms with Crippen LogP contribution in [0, 0.1) is 0 Å². The number of ether oxygens (including phenoxy) is 2. The van der Waals surface area contributed by atoms with Crippen molar-refractivity contribution in [3.05, 3.63) is 50.8 Å². The smallest absolute Gasteiger partial charge is 0.355 e. The molecule has 2 aromatic rings. The topological polar surface area (TPSA) is 98.2 Å². The van der Waals surface area contributed by atoms with Gasteiger partial charge in [0.15, 0.2) is 0 Å². The monoisotopic (exact) mass is 346 g/mol. The molecule has 1 fully saturated rings. The van der Waals surface area contributed by atoms with E-state index in [1.54, 1.807) is 7.11 Å². The van der Waals surface area contributed by atoms with Crippen LogP contribution in [0.15, 0.2) is 33.9 Å². The molecule has 1 aliphatic rings. The standard InChI is InChI=1S/C17H22N4O4/c1-11(13-5-3-4-6-14(13)24-2)18-15-19-16(22)21(17(23)20-15)12-7-9-25-10-8-12/h3-6,11-12H,7-10H2,1-2H3,(H2,18,19,20,22,23)/t11-/m0/s1. The quantitative estimate of drug-likeness (QED) is 0.851. The first-order valence-electron chi connectivity index (χ1n) is 8.30. The molecule has 1 saturated heterocycles. The van der Waals surface area contributed by atoms with Crippen LogP contribution in [-0.4, -0.2) is 34.9 Å². The summed E-state index contributed by atoms with van der Waals surface area (Å²) in [6.07, 6.45) is 1.27. The summed E-state index contributed by atoms with van der Waals surface area (Å²) >= 11 is 0. The summed E-state index contributed by atoms with van der Waals surface area (Å²) in [7, 11) is 1.60. The van der Waals surface area contributed by atoms with Crippen molar-refractivity contribution < 1.29 is 9.47 Å². The lowest BCUT2D eigenvalue weighted by Crippen LogP contribution is -2.42. The Morgan fingerprint density at radius 3 is 2.72 bits per heavy atom. The molecule has 2 N–H and O–H groups in total. The minimum absolute atomic E-state index is 0.150. The second-order valence-corrected chi connectivity index (χ2v) is 5.99. The van der Waals surface area contributed by atoms with Crippen molar-refractivity contribution >= 4 is 5.95 Å². The molecule has 8 heteroatoms. The van der Waals surface area contributed by atoms with E-state index in [1.165, 1.54) is 4.57 Å². The second kappa shape index (κ2) is 7.52. The highest BCUT2D eigenvalue weighted by atomic mass is 16.5. The maximum atomic E-state index is 12.4. The van der Waals surface area contributed by atoms with E-state index in [2.05, 4.69) is 15.3 Å². The molecule has 1 atom stereocenters. The predicted molar refractivity (Wildman–Crippen MR) is 93.2 cm³/mol. The third-order valence-electron chi connectivity index (χ3n) is 4.37. The molecule has 134 valence electrons. The summed E-state index contributed by atoms with van der Waals surface area (Å²) < 4.78 is 11.8. The number of anilines is 1. The largest absolute Gasteiger partial charge is 0.496 e. The Kier molecular flexibility index (Phi) is 5.18. The van der Waals surface area contributed by atoms with Crippen LogP contribution in [0.25, 0.3) is 0 Å². The number of nitrogens with zero attached hydrogens (tertiary/aromatic N) is 2. The van der Waals surface area contributed by atoms with Crippen LogP contribution in [0.1, 0.15) is 37.4 Å². The SMILES string of the molecule is COc1ccccc1[C@H](C)Nc1nc(=O)n(C2CCOCC2)c(=O)[nH]1. The number of hydrogen-bond donors (Lipinski definition) is 2. The molecule has 8 nitrogen and oxygen atoms in total. The highest BCUT2D eigenvalue weighted by molar-refractivity contribution is 5.39. The van der Waals surface area contributed by atoms with Crippen molar-refractivity contribution in [2.24, 2.45) is 0 Å². The van der Waals surface area contributed by atoms with E-state index in [4.69, 9.17) is 9.47 Å². The zero-order valence-electron chi connectivity index (χ0n) is 14.3. The van der Waals surface area contributed by atoms with Crippen LogP contribution < -0.4 is 21.4 Å². The number of hydrogen-bond acceptors (Lipinski definition) is 6. The Morgan fingerprint density at radius 1 is 1.32 bits per heavy atom. The number of rotatable bonds is 5. The number of aromatic nitrogens is 3. The van der Waals surface area contributed by atoms with Gasteiger partial charge in [-0.15, -0.1) is 0 Å². The third kappa shape index (κ3) is 3.74. The molecule has 2 heterocycles. The van der Waals surface area contributed by atoms with Crippen LogP contribution in [0.3, 0.4) is 0 Å². The van der Waals surface area contributed by atoms with Crippen LogP contribution in [0.5, 0.6) is 5.75 Å². The van der Waals surface area contributed by atoms with Crippen molar-refractivity contribution in [1.82, 2.24) is 14.5 Å². The Morgan fingerprint density at radius 2 is 2.04 bits per heavy atom. The van der Waals surface area contributed by atoms with Gasteiger partial charge in [-0.3, -0.25) is 4.98 Å². The molecule has 3 rings (SSSR count). The molecular formula is C17H22N4O4. The molecule has 0 amide bonds. The van der Waals surface area contributed by atoms with E-state index in [0.29, 0.717) is 26.1 Å². The van der Waals surface area contributed by atoms with Crippen molar-refractivity contribution in [1.29, 1.82) is 0 Å². The zero-order valence-corrected chi connectivity index (χ0v) is 14.3. The van der Waals surface area contributed by atoms with Crippen molar-refractivity contribution in [2.45, 2.75) is 31.8 Å². The summed E-state index contributed by atoms with van der Waals surface area (Å²) in [6, 6.07) is 7.18. The first-order chi connectivity index (χ1) is 12.1. The minimum Gasteiger partial charge on any atom is -0.496 e. The molecule has 0 spiro atoms. The van der Waals surface area contributed by atoms with Crippen LogP contribution >= 0.6 is 0 Å². The number of methoxy groups -OCH3 is 1. The van der Waals surface area contributed by atoms with E-state index < -0.39 is 11.4 Å². The first kappa shape index (κ1) is 17.2. The Bertz CT molecular complexity index is 808. The van der Waals surface area contributed by atoms with Gasteiger partial charge in [-0.05, 0) is 25.8 Å². The first-order valence-corrected chi connectivity index (χ1v) is 8.30. The van der Waals surface area contributed by atoms with Gasteiger partial charge in [0.25, 0.3) is 0 Å². The lowest BCUT2D eigenvalue weighted by Gasteiger charge is -2.23. The molecule has 0 unspecified atom stereocenters. The van der Waals surface area contributed by atoms with Crippen LogP contribution in [0.4, 0.5) is 5.95 Å². The van der Waals surface area contributed by atoms with Crippen LogP contribution in [-0.2, 0) is 4.74 Å². The van der Waals surface area contributed by atoms with Gasteiger partial charge in [-0.1, -0.05) is 18.2 Å². The van der Waals surface area contributed by atoms with E-state index >= 15 is 0 Å². The van der Waals surface area contributed by atoms with Gasteiger partial charge < -0.3 is 14.8 Å². The van der Waals surface area contributed by atoms with Gasteiger partial charge in [-0.2, -0.15) is 4.98 Å². The fourth-order valence-corrected chi connectivity index (χ4v) is 3.07. The average Bonchev–Trinajstić information content (AvgIpc) is 2.62. The molecule has 0 bridgehead atoms. The molecule has 0 aliphatic carbocycles. The zero-order chi connectivity index (χ0) is 17.8. The number of benzene rings is 1. The number of H-pyrrole nitrogens is 1. The minimum atomic E-state index is -0.551. The maximum Gasteiger partial charge on any atom is 0.355 e. The highest BCUT2D eigenvalue weighted by Crippen LogP contribution is 2.26. The number of nitrogens with one attached hydrogen (secondary N) is 2. The molecule has 1 aromatic carbocycles. The molecular weight excluding hydrogens is 324 g/mol. The van der Waals surface area contributed by atoms with Crippen molar-refractivity contribution in [2.75, 3.05) is 25.6 Å². The van der Waals surface area contributed by atoms with Crippen molar-refractivity contribution in [3.63, 3.8) is 0 Å². The average molecular weight is 346 g/mol. The van der Waals surface area contributed by atoms with E-state index in [0.717, 1.165) is 11.3 Å². The van der Waals surface area contributed by atoms with E-state index in [-0.39, 0.29) is 18.0 Å². The fraction of sp³-hybridized carbons (Fsp3) is 0.471. The fourth-order valence-electron chi connectivity index (χ4n) is 3.07. The lowest BCUT2D eigenvalue weighted by molar-refractivity contribution is 0.0670. The number of aromatic amines is 1. The van der Waals surface area contributed by atoms with Gasteiger partial charge in [-0.25, -0.2) is 14.2 Å². The second-order valence-electron chi connectivity index (χ2n) is 5.99. The molecule has 25 heavy (non-hydrogen) atoms. The summed E-state index contributed by atoms with van der Waals surface area (Å²) in [5.41, 5.74) is -0.103. The molecule has 0 saturated carbocycles. The predicted octanol–water partition coefficient (Wildman–Crippen LogP) is 1.46. The summed E-state index contributed by atoms with van der Waals surface area (Å²) in [5, 5.41) is 3.06. The summed E-state index contributed by atoms with van der Waals surface area (Å²) in [6.45, 7) is 2.99. The maximum absolute atomic E-state index is 12.4. The summed E-state index contributed by atoms with van der Waals surface area (Å²) in [4.78, 5) is 31.3. The Hall–Kier alpha value is -2.61. The Balaban J connectivity index is 1.84. The van der Waals surface area contributed by atoms with Gasteiger partial charge >= 0.3 is 11.4 Å². The molecule has 1 aromatic heterocycles. The highest BCUT2D eigenvalue weighted by Gasteiger charge is 2.21. The summed E-state index contributed by atoms with van der Waals surface area (Å²) in [5.74, 6) is 0.872. The van der Waals surface area contributed by atoms with Gasteiger partial charge in [0.1, 0.15) is 5.75 Å².